The largest absolute Gasteiger partial charge is 0.444 e. The predicted molar refractivity (Wildman–Crippen MR) is 125 cm³/mol. The molecule has 1 aromatic heterocycles. The highest BCUT2D eigenvalue weighted by Crippen LogP contribution is 2.41. The normalized spacial score (nSPS) is 15.7. The van der Waals surface area contributed by atoms with Crippen molar-refractivity contribution in [2.24, 2.45) is 5.73 Å². The third-order valence-corrected chi connectivity index (χ3v) is 5.27. The lowest BCUT2D eigenvalue weighted by molar-refractivity contribution is 0.0525. The Hall–Kier alpha value is -2.71. The van der Waals surface area contributed by atoms with Crippen LogP contribution in [0.2, 0.25) is 0 Å². The van der Waals surface area contributed by atoms with E-state index in [1.807, 2.05) is 58.9 Å². The number of aliphatic hydroxyl groups excluding tert-OH is 1. The highest BCUT2D eigenvalue weighted by Gasteiger charge is 2.30. The lowest BCUT2D eigenvalue weighted by Crippen LogP contribution is -2.34. The maximum atomic E-state index is 12.0. The third-order valence-electron chi connectivity index (χ3n) is 5.27. The molecule has 1 unspecified atom stereocenters. The van der Waals surface area contributed by atoms with Gasteiger partial charge in [-0.05, 0) is 63.6 Å². The Morgan fingerprint density at radius 3 is 2.62 bits per heavy atom. The van der Waals surface area contributed by atoms with Gasteiger partial charge in [0, 0.05) is 18.2 Å². The van der Waals surface area contributed by atoms with Crippen molar-refractivity contribution in [3.05, 3.63) is 46.9 Å². The molecule has 1 saturated carbocycles. The zero-order valence-corrected chi connectivity index (χ0v) is 19.6. The SMILES string of the molecule is CCc1nc(C(N)O)c(Nc2cccc([C@@H](C)CNC(=O)OC(C)(C)C)c2)nc1C1CC1. The van der Waals surface area contributed by atoms with Crippen LogP contribution in [0.1, 0.15) is 88.2 Å². The number of rotatable bonds is 8. The van der Waals surface area contributed by atoms with Gasteiger partial charge in [0.15, 0.2) is 5.82 Å². The highest BCUT2D eigenvalue weighted by atomic mass is 16.6. The van der Waals surface area contributed by atoms with E-state index in [1.165, 1.54) is 0 Å². The zero-order valence-electron chi connectivity index (χ0n) is 19.6. The van der Waals surface area contributed by atoms with Gasteiger partial charge in [-0.25, -0.2) is 14.8 Å². The topological polar surface area (TPSA) is 122 Å². The monoisotopic (exact) mass is 441 g/mol. The number of hydrogen-bond donors (Lipinski definition) is 4. The van der Waals surface area contributed by atoms with Gasteiger partial charge in [-0.1, -0.05) is 26.0 Å². The first-order valence-corrected chi connectivity index (χ1v) is 11.3. The van der Waals surface area contributed by atoms with Gasteiger partial charge in [0.25, 0.3) is 0 Å². The predicted octanol–water partition coefficient (Wildman–Crippen LogP) is 4.24. The number of nitrogens with one attached hydrogen (secondary N) is 2. The molecule has 8 heteroatoms. The van der Waals surface area contributed by atoms with Crippen LogP contribution in [0, 0.1) is 0 Å². The number of aryl methyl sites for hydroxylation is 1. The number of ether oxygens (including phenoxy) is 1. The molecular weight excluding hydrogens is 406 g/mol. The summed E-state index contributed by atoms with van der Waals surface area (Å²) in [5.41, 5.74) is 9.34. The van der Waals surface area contributed by atoms with Crippen molar-refractivity contribution in [1.82, 2.24) is 15.3 Å². The van der Waals surface area contributed by atoms with Gasteiger partial charge in [0.1, 0.15) is 17.5 Å². The first-order chi connectivity index (χ1) is 15.1. The molecule has 0 spiro atoms. The molecule has 1 heterocycles. The van der Waals surface area contributed by atoms with Crippen molar-refractivity contribution in [2.45, 2.75) is 77.5 Å². The lowest BCUT2D eigenvalue weighted by Gasteiger charge is -2.21. The zero-order chi connectivity index (χ0) is 23.5. The number of aliphatic hydroxyl groups is 1. The number of nitrogens with two attached hydrogens (primary N) is 1. The van der Waals surface area contributed by atoms with Crippen molar-refractivity contribution in [3.8, 4) is 0 Å². The molecule has 0 radical (unpaired) electrons. The number of anilines is 2. The summed E-state index contributed by atoms with van der Waals surface area (Å²) in [6.45, 7) is 10.0. The summed E-state index contributed by atoms with van der Waals surface area (Å²) >= 11 is 0. The van der Waals surface area contributed by atoms with E-state index in [0.717, 1.165) is 41.9 Å². The second-order valence-corrected chi connectivity index (χ2v) is 9.40. The van der Waals surface area contributed by atoms with Crippen LogP contribution in [-0.2, 0) is 11.2 Å². The average molecular weight is 442 g/mol. The maximum absolute atomic E-state index is 12.0. The molecule has 1 aliphatic carbocycles. The summed E-state index contributed by atoms with van der Waals surface area (Å²) in [6.07, 6.45) is 1.33. The second-order valence-electron chi connectivity index (χ2n) is 9.40. The smallest absolute Gasteiger partial charge is 0.407 e. The molecule has 5 N–H and O–H groups in total. The molecule has 3 rings (SSSR count). The Labute approximate surface area is 190 Å². The van der Waals surface area contributed by atoms with Gasteiger partial charge in [-0.3, -0.25) is 0 Å². The number of amides is 1. The van der Waals surface area contributed by atoms with E-state index in [2.05, 4.69) is 15.6 Å². The van der Waals surface area contributed by atoms with Crippen LogP contribution < -0.4 is 16.4 Å². The number of nitrogens with zero attached hydrogens (tertiary/aromatic N) is 2. The number of alkyl carbamates (subject to hydrolysis) is 1. The van der Waals surface area contributed by atoms with E-state index in [1.54, 1.807) is 0 Å². The van der Waals surface area contributed by atoms with E-state index in [4.69, 9.17) is 15.5 Å². The molecule has 2 aromatic rings. The van der Waals surface area contributed by atoms with Crippen LogP contribution in [-0.4, -0.2) is 33.3 Å². The average Bonchev–Trinajstić information content (AvgIpc) is 3.55. The van der Waals surface area contributed by atoms with Crippen LogP contribution >= 0.6 is 0 Å². The second kappa shape index (κ2) is 9.83. The standard InChI is InChI=1S/C24H35N5O3/c1-6-18-19(15-10-11-15)29-22(20(28-18)21(25)30)27-17-9-7-8-16(12-17)14(2)13-26-23(31)32-24(3,4)5/h7-9,12,14-15,21,30H,6,10-11,13,25H2,1-5H3,(H,26,31)(H,27,29)/t14-,21?/m0/s1. The highest BCUT2D eigenvalue weighted by molar-refractivity contribution is 5.67. The molecule has 32 heavy (non-hydrogen) atoms. The van der Waals surface area contributed by atoms with Gasteiger partial charge in [-0.2, -0.15) is 0 Å². The van der Waals surface area contributed by atoms with Gasteiger partial charge < -0.3 is 26.2 Å². The third kappa shape index (κ3) is 6.40. The van der Waals surface area contributed by atoms with Crippen molar-refractivity contribution in [2.75, 3.05) is 11.9 Å². The molecule has 1 amide bonds. The Morgan fingerprint density at radius 2 is 2.03 bits per heavy atom. The Kier molecular flexibility index (Phi) is 7.36. The van der Waals surface area contributed by atoms with Gasteiger partial charge in [-0.15, -0.1) is 0 Å². The summed E-state index contributed by atoms with van der Waals surface area (Å²) in [7, 11) is 0. The van der Waals surface area contributed by atoms with Gasteiger partial charge in [0.2, 0.25) is 0 Å². The fourth-order valence-electron chi connectivity index (χ4n) is 3.47. The summed E-state index contributed by atoms with van der Waals surface area (Å²) < 4.78 is 5.30. The summed E-state index contributed by atoms with van der Waals surface area (Å²) in [6, 6.07) is 7.87. The van der Waals surface area contributed by atoms with Crippen molar-refractivity contribution < 1.29 is 14.6 Å². The molecule has 0 aliphatic heterocycles. The van der Waals surface area contributed by atoms with Gasteiger partial charge >= 0.3 is 6.09 Å². The summed E-state index contributed by atoms with van der Waals surface area (Å²) in [5, 5.41) is 16.2. The van der Waals surface area contributed by atoms with Crippen LogP contribution in [0.15, 0.2) is 24.3 Å². The van der Waals surface area contributed by atoms with Crippen LogP contribution in [0.25, 0.3) is 0 Å². The lowest BCUT2D eigenvalue weighted by atomic mass is 10.0. The van der Waals surface area contributed by atoms with Crippen LogP contribution in [0.4, 0.5) is 16.3 Å². The number of carbonyl (C=O) groups is 1. The fourth-order valence-corrected chi connectivity index (χ4v) is 3.47. The molecule has 1 aliphatic rings. The molecule has 174 valence electrons. The first-order valence-electron chi connectivity index (χ1n) is 11.3. The molecule has 0 bridgehead atoms. The van der Waals surface area contributed by atoms with Crippen LogP contribution in [0.3, 0.4) is 0 Å². The van der Waals surface area contributed by atoms with Crippen molar-refractivity contribution >= 4 is 17.6 Å². The number of aromatic nitrogens is 2. The minimum Gasteiger partial charge on any atom is -0.444 e. The Balaban J connectivity index is 1.75. The van der Waals surface area contributed by atoms with E-state index in [9.17, 15) is 9.90 Å². The minimum atomic E-state index is -1.22. The minimum absolute atomic E-state index is 0.0689. The summed E-state index contributed by atoms with van der Waals surface area (Å²) in [4.78, 5) is 21.4. The molecule has 1 fully saturated rings. The number of carbonyl (C=O) groups excluding carboxylic acids is 1. The van der Waals surface area contributed by atoms with E-state index in [-0.39, 0.29) is 5.92 Å². The Bertz CT molecular complexity index is 951. The van der Waals surface area contributed by atoms with Crippen molar-refractivity contribution in [1.29, 1.82) is 0 Å². The Morgan fingerprint density at radius 1 is 1.31 bits per heavy atom. The summed E-state index contributed by atoms with van der Waals surface area (Å²) in [5.74, 6) is 0.988. The van der Waals surface area contributed by atoms with E-state index >= 15 is 0 Å². The number of hydrogen-bond acceptors (Lipinski definition) is 7. The molecule has 1 aromatic carbocycles. The molecule has 2 atom stereocenters. The number of benzene rings is 1. The first kappa shape index (κ1) is 23.9. The van der Waals surface area contributed by atoms with Crippen molar-refractivity contribution in [3.63, 3.8) is 0 Å². The molecule has 8 nitrogen and oxygen atoms in total. The van der Waals surface area contributed by atoms with E-state index < -0.39 is 17.9 Å². The fraction of sp³-hybridized carbons (Fsp3) is 0.542. The van der Waals surface area contributed by atoms with E-state index in [0.29, 0.717) is 24.0 Å². The molecule has 0 saturated heterocycles. The molecular formula is C24H35N5O3. The maximum Gasteiger partial charge on any atom is 0.407 e. The van der Waals surface area contributed by atoms with Gasteiger partial charge in [0.05, 0.1) is 11.4 Å². The quantitative estimate of drug-likeness (QED) is 0.452. The van der Waals surface area contributed by atoms with Crippen LogP contribution in [0.5, 0.6) is 0 Å².